The maximum Gasteiger partial charge on any atom is 0.433 e. The zero-order valence-corrected chi connectivity index (χ0v) is 23.5. The van der Waals surface area contributed by atoms with E-state index < -0.39 is 7.75 Å². The van der Waals surface area contributed by atoms with Crippen molar-refractivity contribution in [1.29, 1.82) is 0 Å². The molecule has 2 aromatic carbocycles. The molecule has 4 rings (SSSR count). The number of nitrogens with one attached hydrogen (secondary N) is 1. The first-order chi connectivity index (χ1) is 16.6. The number of rotatable bonds is 8. The van der Waals surface area contributed by atoms with E-state index in [1.165, 1.54) is 12.8 Å². The molecule has 1 N–H and O–H groups in total. The van der Waals surface area contributed by atoms with Gasteiger partial charge in [-0.1, -0.05) is 90.8 Å². The van der Waals surface area contributed by atoms with E-state index in [4.69, 9.17) is 9.05 Å². The van der Waals surface area contributed by atoms with Crippen LogP contribution in [-0.2, 0) is 13.6 Å². The number of anilines is 1. The minimum absolute atomic E-state index is 0.0643. The van der Waals surface area contributed by atoms with Crippen LogP contribution >= 0.6 is 7.75 Å². The number of hydrogen-bond acceptors (Lipinski definition) is 3. The monoisotopic (exact) mass is 499 g/mol. The lowest BCUT2D eigenvalue weighted by Gasteiger charge is -2.41. The average molecular weight is 500 g/mol. The summed E-state index contributed by atoms with van der Waals surface area (Å²) in [6, 6.07) is 14.3. The molecule has 2 fully saturated rings. The van der Waals surface area contributed by atoms with Gasteiger partial charge in [-0.3, -0.25) is 14.1 Å². The van der Waals surface area contributed by atoms with Crippen molar-refractivity contribution in [2.24, 2.45) is 35.5 Å². The third-order valence-corrected chi connectivity index (χ3v) is 10.1. The van der Waals surface area contributed by atoms with Crippen LogP contribution in [-0.4, -0.2) is 12.2 Å². The minimum Gasteiger partial charge on any atom is -0.292 e. The molecule has 7 atom stereocenters. The molecule has 0 spiro atoms. The van der Waals surface area contributed by atoms with Gasteiger partial charge in [-0.25, -0.2) is 4.57 Å². The van der Waals surface area contributed by atoms with Gasteiger partial charge in [-0.05, 0) is 72.6 Å². The fourth-order valence-corrected chi connectivity index (χ4v) is 8.22. The molecule has 0 aliphatic heterocycles. The summed E-state index contributed by atoms with van der Waals surface area (Å²) >= 11 is 0. The molecule has 0 radical (unpaired) electrons. The molecule has 0 amide bonds. The number of fused-ring (bicyclic) bond motifs is 1. The van der Waals surface area contributed by atoms with Gasteiger partial charge in [0.05, 0.1) is 17.9 Å². The normalized spacial score (nSPS) is 31.5. The number of benzene rings is 2. The van der Waals surface area contributed by atoms with Crippen LogP contribution in [0.4, 0.5) is 5.69 Å². The lowest BCUT2D eigenvalue weighted by Crippen LogP contribution is -2.37. The van der Waals surface area contributed by atoms with Crippen molar-refractivity contribution in [3.05, 3.63) is 42.5 Å². The van der Waals surface area contributed by atoms with Crippen molar-refractivity contribution < 1.29 is 13.6 Å². The summed E-state index contributed by atoms with van der Waals surface area (Å²) in [6.07, 6.45) is 6.39. The Morgan fingerprint density at radius 3 is 1.83 bits per heavy atom. The number of hydrogen-bond donors (Lipinski definition) is 1. The fourth-order valence-electron chi connectivity index (χ4n) is 6.38. The second kappa shape index (κ2) is 11.4. The van der Waals surface area contributed by atoms with E-state index in [0.717, 1.165) is 42.1 Å². The van der Waals surface area contributed by atoms with Gasteiger partial charge in [0.1, 0.15) is 0 Å². The van der Waals surface area contributed by atoms with Crippen LogP contribution in [0.2, 0.25) is 0 Å². The van der Waals surface area contributed by atoms with Gasteiger partial charge in [0.2, 0.25) is 0 Å². The molecule has 35 heavy (non-hydrogen) atoms. The van der Waals surface area contributed by atoms with E-state index >= 15 is 0 Å². The predicted octanol–water partition coefficient (Wildman–Crippen LogP) is 9.31. The molecule has 1 unspecified atom stereocenters. The maximum atomic E-state index is 14.8. The quantitative estimate of drug-likeness (QED) is 0.368. The summed E-state index contributed by atoms with van der Waals surface area (Å²) in [7, 11) is -3.64. The molecule has 0 bridgehead atoms. The third-order valence-electron chi connectivity index (χ3n) is 8.52. The van der Waals surface area contributed by atoms with Crippen LogP contribution < -0.4 is 5.09 Å². The summed E-state index contributed by atoms with van der Waals surface area (Å²) in [5.41, 5.74) is 0.821. The van der Waals surface area contributed by atoms with Crippen molar-refractivity contribution in [1.82, 2.24) is 0 Å². The molecule has 2 saturated carbocycles. The Morgan fingerprint density at radius 2 is 1.29 bits per heavy atom. The zero-order chi connectivity index (χ0) is 25.2. The Kier molecular flexibility index (Phi) is 8.67. The van der Waals surface area contributed by atoms with E-state index in [1.54, 1.807) is 0 Å². The van der Waals surface area contributed by atoms with E-state index in [-0.39, 0.29) is 12.2 Å². The fraction of sp³-hybridized carbons (Fsp3) is 0.667. The lowest BCUT2D eigenvalue weighted by molar-refractivity contribution is -0.00187. The zero-order valence-electron chi connectivity index (χ0n) is 22.6. The van der Waals surface area contributed by atoms with Crippen molar-refractivity contribution in [2.75, 3.05) is 5.09 Å². The second-order valence-electron chi connectivity index (χ2n) is 12.1. The topological polar surface area (TPSA) is 47.6 Å². The first-order valence-corrected chi connectivity index (χ1v) is 15.4. The molecule has 2 aliphatic rings. The Morgan fingerprint density at radius 1 is 0.771 bits per heavy atom. The molecule has 2 aliphatic carbocycles. The maximum absolute atomic E-state index is 14.8. The van der Waals surface area contributed by atoms with E-state index in [9.17, 15) is 4.57 Å². The summed E-state index contributed by atoms with van der Waals surface area (Å²) in [5.74, 6) is 2.89. The highest BCUT2D eigenvalue weighted by molar-refractivity contribution is 7.55. The smallest absolute Gasteiger partial charge is 0.292 e. The van der Waals surface area contributed by atoms with Gasteiger partial charge < -0.3 is 0 Å². The van der Waals surface area contributed by atoms with E-state index in [2.05, 4.69) is 64.8 Å². The molecule has 194 valence electrons. The lowest BCUT2D eigenvalue weighted by atomic mass is 9.75. The molecule has 0 saturated heterocycles. The Balaban J connectivity index is 1.68. The largest absolute Gasteiger partial charge is 0.433 e. The molecular formula is C30H46NO3P. The minimum atomic E-state index is -3.64. The van der Waals surface area contributed by atoms with Crippen LogP contribution in [0.15, 0.2) is 42.5 Å². The van der Waals surface area contributed by atoms with Crippen LogP contribution in [0.3, 0.4) is 0 Å². The van der Waals surface area contributed by atoms with E-state index in [0.29, 0.717) is 35.5 Å². The van der Waals surface area contributed by atoms with Crippen molar-refractivity contribution >= 4 is 24.2 Å². The highest BCUT2D eigenvalue weighted by Crippen LogP contribution is 2.56. The molecule has 4 nitrogen and oxygen atoms in total. The predicted molar refractivity (Wildman–Crippen MR) is 148 cm³/mol. The summed E-state index contributed by atoms with van der Waals surface area (Å²) in [4.78, 5) is 0. The Hall–Kier alpha value is -1.35. The van der Waals surface area contributed by atoms with Crippen LogP contribution in [0.1, 0.15) is 80.1 Å². The molecule has 0 heterocycles. The van der Waals surface area contributed by atoms with Gasteiger partial charge in [-0.2, -0.15) is 0 Å². The van der Waals surface area contributed by atoms with Crippen molar-refractivity contribution in [3.63, 3.8) is 0 Å². The summed E-state index contributed by atoms with van der Waals surface area (Å²) < 4.78 is 28.1. The average Bonchev–Trinajstić information content (AvgIpc) is 2.79. The van der Waals surface area contributed by atoms with Gasteiger partial charge in [0, 0.05) is 5.39 Å². The van der Waals surface area contributed by atoms with Crippen molar-refractivity contribution in [3.8, 4) is 0 Å². The van der Waals surface area contributed by atoms with Crippen molar-refractivity contribution in [2.45, 2.75) is 92.3 Å². The molecule has 2 aromatic rings. The van der Waals surface area contributed by atoms with Crippen LogP contribution in [0, 0.1) is 35.5 Å². The van der Waals surface area contributed by atoms with Gasteiger partial charge in [-0.15, -0.1) is 0 Å². The summed E-state index contributed by atoms with van der Waals surface area (Å²) in [5, 5.41) is 5.50. The van der Waals surface area contributed by atoms with Gasteiger partial charge in [0.25, 0.3) is 0 Å². The first kappa shape index (κ1) is 26.7. The Bertz CT molecular complexity index is 978. The van der Waals surface area contributed by atoms with Crippen LogP contribution in [0.25, 0.3) is 10.8 Å². The summed E-state index contributed by atoms with van der Waals surface area (Å²) in [6.45, 7) is 13.6. The molecular weight excluding hydrogens is 453 g/mol. The van der Waals surface area contributed by atoms with Gasteiger partial charge >= 0.3 is 7.75 Å². The molecule has 0 aromatic heterocycles. The second-order valence-corrected chi connectivity index (χ2v) is 13.7. The standard InChI is InChI=1S/C30H46NO3P/c1-20(2)25-16-14-22(5)18-29(25)33-35(32,34-30-19-23(6)15-17-26(30)21(3)4)31-28-13-9-11-24-10-7-8-12-27(24)28/h7-13,20-23,25-26,29-30H,14-19H2,1-6H3,(H,31,32)/t22-,23+,25-,26-,29-,30-,35?/m1/s1. The van der Waals surface area contributed by atoms with Crippen LogP contribution in [0.5, 0.6) is 0 Å². The highest BCUT2D eigenvalue weighted by Gasteiger charge is 2.42. The SMILES string of the molecule is CC(C)[C@H]1CC[C@@H](C)C[C@H]1OP(=O)(Nc1cccc2ccccc12)O[C@@H]1C[C@@H](C)CC[C@@H]1C(C)C. The first-order valence-electron chi connectivity index (χ1n) is 13.9. The molecule has 5 heteroatoms. The van der Waals surface area contributed by atoms with Gasteiger partial charge in [0.15, 0.2) is 0 Å². The Labute approximate surface area is 213 Å². The van der Waals surface area contributed by atoms with E-state index in [1.807, 2.05) is 24.3 Å². The highest BCUT2D eigenvalue weighted by atomic mass is 31.2. The third kappa shape index (κ3) is 6.51.